The van der Waals surface area contributed by atoms with Crippen molar-refractivity contribution in [3.8, 4) is 0 Å². The summed E-state index contributed by atoms with van der Waals surface area (Å²) in [6, 6.07) is 0. The van der Waals surface area contributed by atoms with Gasteiger partial charge in [-0.1, -0.05) is 32.5 Å². The van der Waals surface area contributed by atoms with Crippen LogP contribution in [-0.2, 0) is 14.4 Å². The van der Waals surface area contributed by atoms with Crippen LogP contribution in [0, 0.1) is 5.41 Å². The van der Waals surface area contributed by atoms with Crippen molar-refractivity contribution in [2.24, 2.45) is 5.41 Å². The minimum absolute atomic E-state index is 0.0106. The van der Waals surface area contributed by atoms with Crippen molar-refractivity contribution in [3.63, 3.8) is 0 Å². The van der Waals surface area contributed by atoms with Gasteiger partial charge in [-0.2, -0.15) is 0 Å². The third-order valence-electron chi connectivity index (χ3n) is 2.29. The van der Waals surface area contributed by atoms with E-state index in [4.69, 9.17) is 5.11 Å². The SMILES string of the molecule is CC(C)(CNC(=O)C(C)(C)C)SC(=O)CCC(=O)O. The molecule has 0 spiro atoms. The van der Waals surface area contributed by atoms with Crippen LogP contribution < -0.4 is 5.32 Å². The van der Waals surface area contributed by atoms with Gasteiger partial charge in [0.1, 0.15) is 0 Å². The van der Waals surface area contributed by atoms with E-state index in [1.807, 2.05) is 34.6 Å². The summed E-state index contributed by atoms with van der Waals surface area (Å²) >= 11 is 1.08. The van der Waals surface area contributed by atoms with Gasteiger partial charge in [-0.3, -0.25) is 14.4 Å². The van der Waals surface area contributed by atoms with Gasteiger partial charge in [0, 0.05) is 23.1 Å². The smallest absolute Gasteiger partial charge is 0.303 e. The van der Waals surface area contributed by atoms with Crippen LogP contribution in [0.25, 0.3) is 0 Å². The van der Waals surface area contributed by atoms with E-state index >= 15 is 0 Å². The van der Waals surface area contributed by atoms with E-state index < -0.39 is 16.1 Å². The van der Waals surface area contributed by atoms with E-state index in [1.165, 1.54) is 0 Å². The normalized spacial score (nSPS) is 12.1. The highest BCUT2D eigenvalue weighted by Crippen LogP contribution is 2.26. The fourth-order valence-electron chi connectivity index (χ4n) is 1.16. The van der Waals surface area contributed by atoms with Gasteiger partial charge >= 0.3 is 5.97 Å². The zero-order valence-corrected chi connectivity index (χ0v) is 13.0. The molecule has 19 heavy (non-hydrogen) atoms. The van der Waals surface area contributed by atoms with Gasteiger partial charge < -0.3 is 10.4 Å². The van der Waals surface area contributed by atoms with Crippen molar-refractivity contribution in [2.45, 2.75) is 52.2 Å². The van der Waals surface area contributed by atoms with Crippen LogP contribution >= 0.6 is 11.8 Å². The Morgan fingerprint density at radius 3 is 2.00 bits per heavy atom. The number of nitrogens with one attached hydrogen (secondary N) is 1. The molecule has 0 aliphatic carbocycles. The van der Waals surface area contributed by atoms with Gasteiger partial charge in [0.2, 0.25) is 5.91 Å². The molecule has 0 aromatic heterocycles. The highest BCUT2D eigenvalue weighted by Gasteiger charge is 2.27. The average Bonchev–Trinajstić information content (AvgIpc) is 2.21. The topological polar surface area (TPSA) is 83.5 Å². The summed E-state index contributed by atoms with van der Waals surface area (Å²) in [5.74, 6) is -1.05. The second-order valence-corrected chi connectivity index (χ2v) is 7.82. The van der Waals surface area contributed by atoms with Crippen molar-refractivity contribution in [3.05, 3.63) is 0 Å². The molecule has 1 amide bonds. The monoisotopic (exact) mass is 289 g/mol. The predicted octanol–water partition coefficient (Wildman–Crippen LogP) is 2.05. The third-order valence-corrected chi connectivity index (χ3v) is 3.42. The number of hydrogen-bond acceptors (Lipinski definition) is 4. The molecule has 0 saturated carbocycles. The fourth-order valence-corrected chi connectivity index (χ4v) is 2.13. The summed E-state index contributed by atoms with van der Waals surface area (Å²) < 4.78 is -0.448. The molecule has 6 heteroatoms. The van der Waals surface area contributed by atoms with Crippen molar-refractivity contribution in [1.82, 2.24) is 5.32 Å². The molecular formula is C13H23NO4S. The second kappa shape index (κ2) is 6.93. The Labute approximate surface area is 118 Å². The van der Waals surface area contributed by atoms with Crippen LogP contribution in [0.15, 0.2) is 0 Å². The van der Waals surface area contributed by atoms with Gasteiger partial charge in [0.25, 0.3) is 0 Å². The molecule has 0 aromatic rings. The maximum atomic E-state index is 11.7. The number of hydrogen-bond donors (Lipinski definition) is 2. The maximum absolute atomic E-state index is 11.7. The molecule has 0 aliphatic heterocycles. The molecule has 0 bridgehead atoms. The van der Waals surface area contributed by atoms with E-state index in [1.54, 1.807) is 0 Å². The Kier molecular flexibility index (Phi) is 6.55. The van der Waals surface area contributed by atoms with Crippen LogP contribution in [0.4, 0.5) is 0 Å². The van der Waals surface area contributed by atoms with Gasteiger partial charge in [-0.25, -0.2) is 0 Å². The molecule has 0 heterocycles. The van der Waals surface area contributed by atoms with Crippen molar-refractivity contribution < 1.29 is 19.5 Å². The molecule has 0 rings (SSSR count). The first-order chi connectivity index (χ1) is 8.44. The number of rotatable bonds is 6. The summed E-state index contributed by atoms with van der Waals surface area (Å²) in [4.78, 5) is 33.7. The predicted molar refractivity (Wildman–Crippen MR) is 76.0 cm³/mol. The number of aliphatic carboxylic acids is 1. The zero-order valence-electron chi connectivity index (χ0n) is 12.2. The first kappa shape index (κ1) is 18.0. The number of thioether (sulfide) groups is 1. The minimum Gasteiger partial charge on any atom is -0.481 e. The van der Waals surface area contributed by atoms with E-state index in [-0.39, 0.29) is 23.9 Å². The molecule has 110 valence electrons. The fraction of sp³-hybridized carbons (Fsp3) is 0.769. The molecule has 2 N–H and O–H groups in total. The summed E-state index contributed by atoms with van der Waals surface area (Å²) in [6.45, 7) is 9.52. The lowest BCUT2D eigenvalue weighted by Crippen LogP contribution is -2.42. The summed E-state index contributed by atoms with van der Waals surface area (Å²) in [7, 11) is 0. The quantitative estimate of drug-likeness (QED) is 0.782. The van der Waals surface area contributed by atoms with E-state index in [2.05, 4.69) is 5.32 Å². The van der Waals surface area contributed by atoms with E-state index in [9.17, 15) is 14.4 Å². The van der Waals surface area contributed by atoms with Crippen molar-refractivity contribution in [2.75, 3.05) is 6.54 Å². The van der Waals surface area contributed by atoms with Crippen molar-refractivity contribution >= 4 is 28.8 Å². The number of carbonyl (C=O) groups is 3. The van der Waals surface area contributed by atoms with Gasteiger partial charge in [-0.05, 0) is 13.8 Å². The van der Waals surface area contributed by atoms with Crippen LogP contribution in [-0.4, -0.2) is 33.4 Å². The zero-order chi connectivity index (χ0) is 15.3. The lowest BCUT2D eigenvalue weighted by atomic mass is 9.95. The number of carboxylic acid groups (broad SMARTS) is 1. The first-order valence-electron chi connectivity index (χ1n) is 6.16. The Bertz CT molecular complexity index is 358. The molecule has 5 nitrogen and oxygen atoms in total. The highest BCUT2D eigenvalue weighted by atomic mass is 32.2. The average molecular weight is 289 g/mol. The summed E-state index contributed by atoms with van der Waals surface area (Å²) in [6.07, 6.45) is -0.146. The minimum atomic E-state index is -0.979. The van der Waals surface area contributed by atoms with Crippen LogP contribution in [0.2, 0.25) is 0 Å². The molecule has 0 unspecified atom stereocenters. The van der Waals surface area contributed by atoms with Gasteiger partial charge in [0.05, 0.1) is 6.42 Å². The molecule has 0 fully saturated rings. The Hall–Kier alpha value is -1.04. The largest absolute Gasteiger partial charge is 0.481 e. The maximum Gasteiger partial charge on any atom is 0.303 e. The number of amides is 1. The molecular weight excluding hydrogens is 266 g/mol. The number of carboxylic acids is 1. The standard InChI is InChI=1S/C13H23NO4S/c1-12(2,3)11(18)14-8-13(4,5)19-10(17)7-6-9(15)16/h6-8H2,1-5H3,(H,14,18)(H,15,16). The van der Waals surface area contributed by atoms with Gasteiger partial charge in [0.15, 0.2) is 5.12 Å². The van der Waals surface area contributed by atoms with Crippen molar-refractivity contribution in [1.29, 1.82) is 0 Å². The molecule has 0 aromatic carbocycles. The highest BCUT2D eigenvalue weighted by molar-refractivity contribution is 8.14. The second-order valence-electron chi connectivity index (χ2n) is 6.06. The Morgan fingerprint density at radius 1 is 1.05 bits per heavy atom. The van der Waals surface area contributed by atoms with E-state index in [0.29, 0.717) is 6.54 Å². The molecule has 0 aliphatic rings. The Balaban J connectivity index is 4.21. The first-order valence-corrected chi connectivity index (χ1v) is 6.97. The molecule has 0 atom stereocenters. The van der Waals surface area contributed by atoms with E-state index in [0.717, 1.165) is 11.8 Å². The lowest BCUT2D eigenvalue weighted by Gasteiger charge is -2.26. The molecule has 0 radical (unpaired) electrons. The summed E-state index contributed by atoms with van der Waals surface area (Å²) in [5, 5.41) is 11.1. The van der Waals surface area contributed by atoms with Crippen LogP contribution in [0.1, 0.15) is 47.5 Å². The van der Waals surface area contributed by atoms with Crippen LogP contribution in [0.3, 0.4) is 0 Å². The summed E-state index contributed by atoms with van der Waals surface area (Å²) in [5.41, 5.74) is -0.464. The van der Waals surface area contributed by atoms with Gasteiger partial charge in [-0.15, -0.1) is 0 Å². The number of carbonyl (C=O) groups excluding carboxylic acids is 2. The lowest BCUT2D eigenvalue weighted by molar-refractivity contribution is -0.138. The van der Waals surface area contributed by atoms with Crippen LogP contribution in [0.5, 0.6) is 0 Å². The third kappa shape index (κ3) is 8.64. The molecule has 0 saturated heterocycles. The Morgan fingerprint density at radius 2 is 1.58 bits per heavy atom.